The molecule has 0 saturated carbocycles. The van der Waals surface area contributed by atoms with Crippen LogP contribution in [0.2, 0.25) is 0 Å². The van der Waals surface area contributed by atoms with E-state index in [2.05, 4.69) is 0 Å². The Morgan fingerprint density at radius 1 is 1.40 bits per heavy atom. The third-order valence-corrected chi connectivity index (χ3v) is 1.68. The molecule has 0 rings (SSSR count). The summed E-state index contributed by atoms with van der Waals surface area (Å²) in [6.45, 7) is 1.48. The van der Waals surface area contributed by atoms with Gasteiger partial charge in [-0.15, -0.1) is 0 Å². The van der Waals surface area contributed by atoms with Gasteiger partial charge in [0.15, 0.2) is 0 Å². The number of amides is 1. The summed E-state index contributed by atoms with van der Waals surface area (Å²) < 4.78 is 36.2. The molecule has 0 aromatic carbocycles. The predicted octanol–water partition coefficient (Wildman–Crippen LogP) is 1.42. The van der Waals surface area contributed by atoms with Gasteiger partial charge in [-0.3, -0.25) is 4.79 Å². The van der Waals surface area contributed by atoms with Gasteiger partial charge in [0.2, 0.25) is 5.91 Å². The molecule has 90 valence electrons. The monoisotopic (exact) mass is 227 g/mol. The molecule has 0 fully saturated rings. The highest BCUT2D eigenvalue weighted by Crippen LogP contribution is 2.17. The molecular weight excluding hydrogens is 211 g/mol. The molecule has 0 saturated heterocycles. The van der Waals surface area contributed by atoms with E-state index >= 15 is 0 Å². The number of alkyl halides is 3. The lowest BCUT2D eigenvalue weighted by Crippen LogP contribution is -2.41. The maximum Gasteiger partial charge on any atom is 0.406 e. The zero-order valence-corrected chi connectivity index (χ0v) is 8.84. The number of carbonyl (C=O) groups excluding carboxylic acids is 1. The second-order valence-electron chi connectivity index (χ2n) is 3.75. The van der Waals surface area contributed by atoms with E-state index in [1.54, 1.807) is 13.8 Å². The first-order valence-electron chi connectivity index (χ1n) is 4.71. The van der Waals surface area contributed by atoms with Gasteiger partial charge in [-0.05, 0) is 5.92 Å². The van der Waals surface area contributed by atoms with Crippen molar-refractivity contribution in [2.45, 2.75) is 26.4 Å². The van der Waals surface area contributed by atoms with Crippen molar-refractivity contribution in [1.29, 1.82) is 0 Å². The first-order valence-corrected chi connectivity index (χ1v) is 4.71. The lowest BCUT2D eigenvalue weighted by molar-refractivity contribution is -0.162. The van der Waals surface area contributed by atoms with Gasteiger partial charge in [0.1, 0.15) is 6.54 Å². The minimum Gasteiger partial charge on any atom is -0.395 e. The molecule has 0 aromatic heterocycles. The van der Waals surface area contributed by atoms with Crippen molar-refractivity contribution in [1.82, 2.24) is 4.90 Å². The summed E-state index contributed by atoms with van der Waals surface area (Å²) >= 11 is 0. The van der Waals surface area contributed by atoms with Crippen molar-refractivity contribution in [3.8, 4) is 0 Å². The van der Waals surface area contributed by atoms with Crippen LogP contribution in [0.15, 0.2) is 0 Å². The molecule has 1 N–H and O–H groups in total. The van der Waals surface area contributed by atoms with Crippen molar-refractivity contribution >= 4 is 5.91 Å². The number of rotatable bonds is 5. The summed E-state index contributed by atoms with van der Waals surface area (Å²) in [6, 6.07) is 0. The molecule has 6 heteroatoms. The van der Waals surface area contributed by atoms with Crippen molar-refractivity contribution in [3.63, 3.8) is 0 Å². The Morgan fingerprint density at radius 2 is 1.93 bits per heavy atom. The van der Waals surface area contributed by atoms with E-state index in [4.69, 9.17) is 5.11 Å². The Kier molecular flexibility index (Phi) is 5.64. The molecule has 0 radical (unpaired) electrons. The van der Waals surface area contributed by atoms with E-state index in [-0.39, 0.29) is 18.9 Å². The van der Waals surface area contributed by atoms with E-state index in [1.165, 1.54) is 0 Å². The summed E-state index contributed by atoms with van der Waals surface area (Å²) in [5.41, 5.74) is 0. The Bertz CT molecular complexity index is 204. The van der Waals surface area contributed by atoms with E-state index in [0.717, 1.165) is 0 Å². The van der Waals surface area contributed by atoms with Gasteiger partial charge in [-0.2, -0.15) is 13.2 Å². The molecular formula is C9H16F3NO2. The summed E-state index contributed by atoms with van der Waals surface area (Å²) in [4.78, 5) is 12.0. The van der Waals surface area contributed by atoms with Crippen LogP contribution in [0.4, 0.5) is 13.2 Å². The minimum atomic E-state index is -4.41. The molecule has 0 spiro atoms. The molecule has 3 nitrogen and oxygen atoms in total. The maximum atomic E-state index is 12.1. The average molecular weight is 227 g/mol. The summed E-state index contributed by atoms with van der Waals surface area (Å²) in [5.74, 6) is -0.566. The maximum absolute atomic E-state index is 12.1. The zero-order valence-electron chi connectivity index (χ0n) is 8.84. The standard InChI is InChI=1S/C9H16F3NO2/c1-7(2)5-8(15)13(3-4-14)6-9(10,11)12/h7,14H,3-6H2,1-2H3. The fraction of sp³-hybridized carbons (Fsp3) is 0.889. The summed E-state index contributed by atoms with van der Waals surface area (Å²) in [6.07, 6.45) is -4.35. The second-order valence-corrected chi connectivity index (χ2v) is 3.75. The fourth-order valence-electron chi connectivity index (χ4n) is 1.11. The number of aliphatic hydroxyl groups is 1. The van der Waals surface area contributed by atoms with Crippen molar-refractivity contribution in [2.75, 3.05) is 19.7 Å². The van der Waals surface area contributed by atoms with Crippen LogP contribution < -0.4 is 0 Å². The molecule has 0 aliphatic carbocycles. The Morgan fingerprint density at radius 3 is 2.27 bits per heavy atom. The van der Waals surface area contributed by atoms with Crippen LogP contribution in [0.25, 0.3) is 0 Å². The van der Waals surface area contributed by atoms with Crippen LogP contribution in [-0.2, 0) is 4.79 Å². The molecule has 1 amide bonds. The third-order valence-electron chi connectivity index (χ3n) is 1.68. The first-order chi connectivity index (χ1) is 6.76. The minimum absolute atomic E-state index is 0.00641. The van der Waals surface area contributed by atoms with Crippen LogP contribution in [-0.4, -0.2) is 41.8 Å². The third kappa shape index (κ3) is 7.18. The molecule has 0 atom stereocenters. The van der Waals surface area contributed by atoms with E-state index in [0.29, 0.717) is 4.90 Å². The van der Waals surface area contributed by atoms with Crippen LogP contribution in [0, 0.1) is 5.92 Å². The molecule has 0 bridgehead atoms. The highest BCUT2D eigenvalue weighted by molar-refractivity contribution is 5.76. The zero-order chi connectivity index (χ0) is 12.1. The topological polar surface area (TPSA) is 40.5 Å². The molecule has 15 heavy (non-hydrogen) atoms. The quantitative estimate of drug-likeness (QED) is 0.771. The number of aliphatic hydroxyl groups excluding tert-OH is 1. The number of hydrogen-bond acceptors (Lipinski definition) is 2. The number of nitrogens with zero attached hydrogens (tertiary/aromatic N) is 1. The normalized spacial score (nSPS) is 11.9. The van der Waals surface area contributed by atoms with Gasteiger partial charge in [0, 0.05) is 13.0 Å². The second kappa shape index (κ2) is 5.95. The van der Waals surface area contributed by atoms with Crippen molar-refractivity contribution in [2.24, 2.45) is 5.92 Å². The molecule has 0 heterocycles. The largest absolute Gasteiger partial charge is 0.406 e. The summed E-state index contributed by atoms with van der Waals surface area (Å²) in [7, 11) is 0. The molecule has 0 aliphatic heterocycles. The highest BCUT2D eigenvalue weighted by Gasteiger charge is 2.32. The lowest BCUT2D eigenvalue weighted by atomic mass is 10.1. The average Bonchev–Trinajstić information content (AvgIpc) is 1.99. The summed E-state index contributed by atoms with van der Waals surface area (Å²) in [5, 5.41) is 8.56. The van der Waals surface area contributed by atoms with Gasteiger partial charge in [0.25, 0.3) is 0 Å². The van der Waals surface area contributed by atoms with Crippen LogP contribution in [0.5, 0.6) is 0 Å². The van der Waals surface area contributed by atoms with Crippen molar-refractivity contribution < 1.29 is 23.1 Å². The Labute approximate surface area is 86.9 Å². The van der Waals surface area contributed by atoms with Crippen molar-refractivity contribution in [3.05, 3.63) is 0 Å². The van der Waals surface area contributed by atoms with Gasteiger partial charge in [-0.25, -0.2) is 0 Å². The molecule has 0 unspecified atom stereocenters. The van der Waals surface area contributed by atoms with E-state index in [1.807, 2.05) is 0 Å². The van der Waals surface area contributed by atoms with Crippen LogP contribution >= 0.6 is 0 Å². The van der Waals surface area contributed by atoms with Crippen LogP contribution in [0.1, 0.15) is 20.3 Å². The van der Waals surface area contributed by atoms with E-state index < -0.39 is 25.2 Å². The van der Waals surface area contributed by atoms with Crippen LogP contribution in [0.3, 0.4) is 0 Å². The Hall–Kier alpha value is -0.780. The smallest absolute Gasteiger partial charge is 0.395 e. The SMILES string of the molecule is CC(C)CC(=O)N(CCO)CC(F)(F)F. The van der Waals surface area contributed by atoms with Gasteiger partial charge >= 0.3 is 6.18 Å². The predicted molar refractivity (Wildman–Crippen MR) is 49.2 cm³/mol. The van der Waals surface area contributed by atoms with E-state index in [9.17, 15) is 18.0 Å². The fourth-order valence-corrected chi connectivity index (χ4v) is 1.11. The molecule has 0 aliphatic rings. The number of halogens is 3. The Balaban J connectivity index is 4.31. The number of carbonyl (C=O) groups is 1. The van der Waals surface area contributed by atoms with Gasteiger partial charge < -0.3 is 10.0 Å². The lowest BCUT2D eigenvalue weighted by Gasteiger charge is -2.23. The number of hydrogen-bond donors (Lipinski definition) is 1. The highest BCUT2D eigenvalue weighted by atomic mass is 19.4. The first kappa shape index (κ1) is 14.2. The molecule has 0 aromatic rings. The van der Waals surface area contributed by atoms with Gasteiger partial charge in [-0.1, -0.05) is 13.8 Å². The van der Waals surface area contributed by atoms with Gasteiger partial charge in [0.05, 0.1) is 6.61 Å².